The average molecular weight is 587 g/mol. The van der Waals surface area contributed by atoms with Gasteiger partial charge in [0.05, 0.1) is 56.9 Å². The highest BCUT2D eigenvalue weighted by Crippen LogP contribution is 2.38. The molecule has 0 unspecified atom stereocenters. The molecule has 5 rings (SSSR count). The molecule has 0 aliphatic carbocycles. The summed E-state index contributed by atoms with van der Waals surface area (Å²) in [5.74, 6) is 1.61. The van der Waals surface area contributed by atoms with E-state index in [1.807, 2.05) is 36.4 Å². The van der Waals surface area contributed by atoms with Gasteiger partial charge < -0.3 is 23.7 Å². The van der Waals surface area contributed by atoms with Gasteiger partial charge in [-0.25, -0.2) is 9.79 Å². The fourth-order valence-electron chi connectivity index (χ4n) is 4.87. The van der Waals surface area contributed by atoms with Gasteiger partial charge in [0.25, 0.3) is 5.56 Å². The molecule has 1 aromatic heterocycles. The van der Waals surface area contributed by atoms with Crippen molar-refractivity contribution in [2.24, 2.45) is 4.99 Å². The molecule has 10 heteroatoms. The molecule has 0 spiro atoms. The number of benzene rings is 3. The van der Waals surface area contributed by atoms with E-state index >= 15 is 0 Å². The van der Waals surface area contributed by atoms with E-state index < -0.39 is 12.0 Å². The van der Waals surface area contributed by atoms with Gasteiger partial charge in [-0.3, -0.25) is 9.36 Å². The third-order valence-corrected chi connectivity index (χ3v) is 7.80. The Bertz CT molecular complexity index is 1840. The van der Waals surface area contributed by atoms with Crippen molar-refractivity contribution in [2.75, 3.05) is 35.0 Å². The number of hydrogen-bond acceptors (Lipinski definition) is 9. The van der Waals surface area contributed by atoms with Crippen molar-refractivity contribution < 1.29 is 28.5 Å². The van der Waals surface area contributed by atoms with Crippen molar-refractivity contribution in [2.45, 2.75) is 13.0 Å². The summed E-state index contributed by atoms with van der Waals surface area (Å²) < 4.78 is 29.4. The second-order valence-electron chi connectivity index (χ2n) is 9.15. The van der Waals surface area contributed by atoms with E-state index in [0.29, 0.717) is 49.2 Å². The first-order chi connectivity index (χ1) is 20.4. The Labute approximate surface area is 246 Å². The van der Waals surface area contributed by atoms with Gasteiger partial charge in [0, 0.05) is 11.1 Å². The van der Waals surface area contributed by atoms with Gasteiger partial charge in [0.2, 0.25) is 0 Å². The van der Waals surface area contributed by atoms with Crippen LogP contribution in [-0.2, 0) is 9.53 Å². The second-order valence-corrected chi connectivity index (χ2v) is 10.2. The molecule has 0 fully saturated rings. The van der Waals surface area contributed by atoms with E-state index in [-0.39, 0.29) is 17.7 Å². The highest BCUT2D eigenvalue weighted by atomic mass is 32.1. The zero-order valence-electron chi connectivity index (χ0n) is 23.9. The molecule has 0 N–H and O–H groups in total. The molecular formula is C32H30N2O7S. The summed E-state index contributed by atoms with van der Waals surface area (Å²) in [6, 6.07) is 19.2. The van der Waals surface area contributed by atoms with Crippen molar-refractivity contribution in [3.8, 4) is 23.0 Å². The van der Waals surface area contributed by atoms with Crippen LogP contribution in [0.4, 0.5) is 0 Å². The number of methoxy groups -OCH3 is 4. The fourth-order valence-corrected chi connectivity index (χ4v) is 5.86. The summed E-state index contributed by atoms with van der Waals surface area (Å²) in [5.41, 5.74) is 2.37. The van der Waals surface area contributed by atoms with Crippen molar-refractivity contribution in [3.63, 3.8) is 0 Å². The molecular weight excluding hydrogens is 556 g/mol. The fraction of sp³-hybridized carbons (Fsp3) is 0.219. The molecule has 1 aliphatic heterocycles. The van der Waals surface area contributed by atoms with Gasteiger partial charge in [-0.05, 0) is 48.9 Å². The lowest BCUT2D eigenvalue weighted by molar-refractivity contribution is -0.138. The topological polar surface area (TPSA) is 97.6 Å². The number of hydrogen-bond donors (Lipinski definition) is 0. The van der Waals surface area contributed by atoms with Crippen molar-refractivity contribution in [1.82, 2.24) is 4.57 Å². The molecule has 42 heavy (non-hydrogen) atoms. The summed E-state index contributed by atoms with van der Waals surface area (Å²) in [4.78, 5) is 33.2. The van der Waals surface area contributed by atoms with Crippen LogP contribution in [-0.4, -0.2) is 45.6 Å². The molecule has 0 radical (unpaired) electrons. The third-order valence-electron chi connectivity index (χ3n) is 6.82. The van der Waals surface area contributed by atoms with E-state index in [2.05, 4.69) is 0 Å². The van der Waals surface area contributed by atoms with Crippen molar-refractivity contribution in [1.29, 1.82) is 0 Å². The van der Waals surface area contributed by atoms with Gasteiger partial charge in [0.1, 0.15) is 11.5 Å². The zero-order chi connectivity index (χ0) is 29.8. The van der Waals surface area contributed by atoms with Crippen LogP contribution < -0.4 is 33.8 Å². The van der Waals surface area contributed by atoms with E-state index in [9.17, 15) is 9.59 Å². The first-order valence-corrected chi connectivity index (χ1v) is 14.0. The molecule has 0 saturated heterocycles. The van der Waals surface area contributed by atoms with Crippen LogP contribution in [0.3, 0.4) is 0 Å². The van der Waals surface area contributed by atoms with E-state index in [1.54, 1.807) is 64.7 Å². The lowest BCUT2D eigenvalue weighted by atomic mass is 9.93. The maximum Gasteiger partial charge on any atom is 0.338 e. The number of thiazole rings is 1. The summed E-state index contributed by atoms with van der Waals surface area (Å²) >= 11 is 1.22. The summed E-state index contributed by atoms with van der Waals surface area (Å²) in [6.07, 6.45) is 1.74. The minimum Gasteiger partial charge on any atom is -0.497 e. The van der Waals surface area contributed by atoms with Crippen LogP contribution in [0.5, 0.6) is 23.0 Å². The van der Waals surface area contributed by atoms with Crippen molar-refractivity contribution in [3.05, 3.63) is 109 Å². The highest BCUT2D eigenvalue weighted by Gasteiger charge is 2.35. The van der Waals surface area contributed by atoms with E-state index in [1.165, 1.54) is 23.0 Å². The molecule has 0 saturated carbocycles. The Hall–Kier alpha value is -4.83. The quantitative estimate of drug-likeness (QED) is 0.274. The Kier molecular flexibility index (Phi) is 8.44. The normalized spacial score (nSPS) is 14.6. The van der Waals surface area contributed by atoms with Crippen LogP contribution in [0, 0.1) is 0 Å². The Morgan fingerprint density at radius 3 is 2.29 bits per heavy atom. The molecule has 4 aromatic rings. The number of ether oxygens (including phenoxy) is 5. The molecule has 216 valence electrons. The second kappa shape index (κ2) is 12.4. The van der Waals surface area contributed by atoms with Crippen LogP contribution in [0.1, 0.15) is 29.7 Å². The Balaban J connectivity index is 1.85. The van der Waals surface area contributed by atoms with Gasteiger partial charge in [-0.2, -0.15) is 0 Å². The van der Waals surface area contributed by atoms with Crippen LogP contribution >= 0.6 is 11.3 Å². The SMILES string of the molecule is CCOC(=O)C1=C(c2ccccc2)N=c2s/c(=C\c3cc(OC)ccc3OC)c(=O)n2[C@@H]1c1ccc(OC)c(OC)c1. The molecule has 9 nitrogen and oxygen atoms in total. The van der Waals surface area contributed by atoms with Crippen LogP contribution in [0.2, 0.25) is 0 Å². The number of aromatic nitrogens is 1. The third kappa shape index (κ3) is 5.28. The number of nitrogens with zero attached hydrogens (tertiary/aromatic N) is 2. The number of fused-ring (bicyclic) bond motifs is 1. The van der Waals surface area contributed by atoms with Gasteiger partial charge in [-0.1, -0.05) is 47.7 Å². The van der Waals surface area contributed by atoms with Gasteiger partial charge in [0.15, 0.2) is 16.3 Å². The molecule has 2 heterocycles. The Morgan fingerprint density at radius 1 is 0.905 bits per heavy atom. The van der Waals surface area contributed by atoms with Gasteiger partial charge >= 0.3 is 5.97 Å². The number of rotatable bonds is 9. The lowest BCUT2D eigenvalue weighted by Gasteiger charge is -2.26. The van der Waals surface area contributed by atoms with Crippen LogP contribution in [0.25, 0.3) is 11.8 Å². The summed E-state index contributed by atoms with van der Waals surface area (Å²) in [6.45, 7) is 1.89. The first-order valence-electron chi connectivity index (χ1n) is 13.2. The molecule has 0 bridgehead atoms. The molecule has 1 atom stereocenters. The largest absolute Gasteiger partial charge is 0.497 e. The number of carbonyl (C=O) groups is 1. The standard InChI is InChI=1S/C32H30N2O7S/c1-6-41-31(36)27-28(19-10-8-7-9-11-19)33-32-34(29(27)20-12-14-24(39-4)25(17-20)40-5)30(35)26(42-32)18-21-16-22(37-2)13-15-23(21)38-3/h7-18,29H,6H2,1-5H3/b26-18-/t29-/m1/s1. The average Bonchev–Trinajstić information content (AvgIpc) is 3.34. The lowest BCUT2D eigenvalue weighted by Crippen LogP contribution is -2.40. The summed E-state index contributed by atoms with van der Waals surface area (Å²) in [5, 5.41) is 0. The number of esters is 1. The Morgan fingerprint density at radius 2 is 1.62 bits per heavy atom. The minimum atomic E-state index is -0.857. The first kappa shape index (κ1) is 28.7. The van der Waals surface area contributed by atoms with Gasteiger partial charge in [-0.15, -0.1) is 0 Å². The van der Waals surface area contributed by atoms with E-state index in [4.69, 9.17) is 28.7 Å². The highest BCUT2D eigenvalue weighted by molar-refractivity contribution is 7.07. The molecule has 0 amide bonds. The maximum absolute atomic E-state index is 14.2. The van der Waals surface area contributed by atoms with E-state index in [0.717, 1.165) is 5.56 Å². The summed E-state index contributed by atoms with van der Waals surface area (Å²) in [7, 11) is 6.22. The smallest absolute Gasteiger partial charge is 0.338 e. The minimum absolute atomic E-state index is 0.156. The monoisotopic (exact) mass is 586 g/mol. The molecule has 3 aromatic carbocycles. The predicted octanol–water partition coefficient (Wildman–Crippen LogP) is 3.97. The molecule has 1 aliphatic rings. The predicted molar refractivity (Wildman–Crippen MR) is 160 cm³/mol. The number of carbonyl (C=O) groups excluding carboxylic acids is 1. The van der Waals surface area contributed by atoms with Crippen LogP contribution in [0.15, 0.2) is 82.1 Å². The maximum atomic E-state index is 14.2. The zero-order valence-corrected chi connectivity index (χ0v) is 24.7. The van der Waals surface area contributed by atoms with Crippen molar-refractivity contribution >= 4 is 29.1 Å².